The van der Waals surface area contributed by atoms with Crippen LogP contribution in [0.2, 0.25) is 5.22 Å². The Morgan fingerprint density at radius 1 is 1.35 bits per heavy atom. The van der Waals surface area contributed by atoms with Crippen LogP contribution in [-0.2, 0) is 17.8 Å². The standard InChI is InChI=1S/C15H16ClNO3/c1-19-12-4-2-3-11(9-12)5-8-15(18)17-10-13-6-7-14(16)20-13/h2-4,6-7,9H,5,8,10H2,1H3,(H,17,18). The van der Waals surface area contributed by atoms with Crippen LogP contribution < -0.4 is 10.1 Å². The lowest BCUT2D eigenvalue weighted by Crippen LogP contribution is -2.22. The van der Waals surface area contributed by atoms with Gasteiger partial charge in [-0.2, -0.15) is 0 Å². The summed E-state index contributed by atoms with van der Waals surface area (Å²) in [5.74, 6) is 1.42. The first-order valence-corrected chi connectivity index (χ1v) is 6.69. The SMILES string of the molecule is COc1cccc(CCC(=O)NCc2ccc(Cl)o2)c1. The molecule has 0 spiro atoms. The lowest BCUT2D eigenvalue weighted by atomic mass is 10.1. The maximum absolute atomic E-state index is 11.7. The maximum atomic E-state index is 11.7. The highest BCUT2D eigenvalue weighted by molar-refractivity contribution is 6.28. The average molecular weight is 294 g/mol. The molecule has 1 aromatic carbocycles. The normalized spacial score (nSPS) is 10.3. The highest BCUT2D eigenvalue weighted by Crippen LogP contribution is 2.14. The summed E-state index contributed by atoms with van der Waals surface area (Å²) in [6.45, 7) is 0.351. The molecule has 0 atom stereocenters. The van der Waals surface area contributed by atoms with E-state index in [9.17, 15) is 4.79 Å². The first-order chi connectivity index (χ1) is 9.67. The molecule has 1 heterocycles. The monoisotopic (exact) mass is 293 g/mol. The van der Waals surface area contributed by atoms with Gasteiger partial charge in [-0.3, -0.25) is 4.79 Å². The van der Waals surface area contributed by atoms with Crippen molar-refractivity contribution in [1.82, 2.24) is 5.32 Å². The van der Waals surface area contributed by atoms with E-state index in [-0.39, 0.29) is 5.91 Å². The van der Waals surface area contributed by atoms with Gasteiger partial charge in [-0.15, -0.1) is 0 Å². The van der Waals surface area contributed by atoms with E-state index in [2.05, 4.69) is 5.32 Å². The minimum atomic E-state index is -0.0275. The summed E-state index contributed by atoms with van der Waals surface area (Å²) in [5.41, 5.74) is 1.07. The fourth-order valence-corrected chi connectivity index (χ4v) is 1.97. The second-order valence-electron chi connectivity index (χ2n) is 4.33. The number of methoxy groups -OCH3 is 1. The van der Waals surface area contributed by atoms with Gasteiger partial charge in [0.15, 0.2) is 5.22 Å². The molecule has 20 heavy (non-hydrogen) atoms. The quantitative estimate of drug-likeness (QED) is 0.890. The Hall–Kier alpha value is -1.94. The Bertz CT molecular complexity index is 580. The van der Waals surface area contributed by atoms with Crippen molar-refractivity contribution in [1.29, 1.82) is 0 Å². The van der Waals surface area contributed by atoms with Crippen molar-refractivity contribution < 1.29 is 13.9 Å². The maximum Gasteiger partial charge on any atom is 0.220 e. The van der Waals surface area contributed by atoms with Gasteiger partial charge in [0.05, 0.1) is 13.7 Å². The molecule has 0 radical (unpaired) electrons. The summed E-state index contributed by atoms with van der Waals surface area (Å²) >= 11 is 5.65. The minimum Gasteiger partial charge on any atom is -0.497 e. The van der Waals surface area contributed by atoms with Gasteiger partial charge in [0.1, 0.15) is 11.5 Å². The predicted octanol–water partition coefficient (Wildman–Crippen LogP) is 3.19. The highest BCUT2D eigenvalue weighted by atomic mass is 35.5. The summed E-state index contributed by atoms with van der Waals surface area (Å²) in [6.07, 6.45) is 1.09. The number of nitrogens with one attached hydrogen (secondary N) is 1. The van der Waals surface area contributed by atoms with E-state index in [0.29, 0.717) is 30.4 Å². The van der Waals surface area contributed by atoms with Gasteiger partial charge in [0, 0.05) is 6.42 Å². The van der Waals surface area contributed by atoms with Crippen molar-refractivity contribution in [2.45, 2.75) is 19.4 Å². The Morgan fingerprint density at radius 2 is 2.20 bits per heavy atom. The first-order valence-electron chi connectivity index (χ1n) is 6.31. The van der Waals surface area contributed by atoms with Crippen LogP contribution in [0.15, 0.2) is 40.8 Å². The Kier molecular flexibility index (Phi) is 5.07. The van der Waals surface area contributed by atoms with E-state index in [1.165, 1.54) is 0 Å². The smallest absolute Gasteiger partial charge is 0.220 e. The molecule has 0 fully saturated rings. The molecule has 0 aliphatic carbocycles. The lowest BCUT2D eigenvalue weighted by Gasteiger charge is -2.05. The van der Waals surface area contributed by atoms with Gasteiger partial charge < -0.3 is 14.5 Å². The number of amides is 1. The van der Waals surface area contributed by atoms with Crippen molar-refractivity contribution in [3.63, 3.8) is 0 Å². The molecule has 1 amide bonds. The van der Waals surface area contributed by atoms with E-state index in [1.807, 2.05) is 24.3 Å². The zero-order chi connectivity index (χ0) is 14.4. The van der Waals surface area contributed by atoms with Gasteiger partial charge in [-0.1, -0.05) is 12.1 Å². The van der Waals surface area contributed by atoms with Crippen molar-refractivity contribution in [3.05, 3.63) is 52.9 Å². The third kappa shape index (κ3) is 4.31. The number of furan rings is 1. The number of aryl methyl sites for hydroxylation is 1. The average Bonchev–Trinajstić information content (AvgIpc) is 2.89. The zero-order valence-corrected chi connectivity index (χ0v) is 11.9. The van der Waals surface area contributed by atoms with E-state index < -0.39 is 0 Å². The fraction of sp³-hybridized carbons (Fsp3) is 0.267. The third-order valence-electron chi connectivity index (χ3n) is 2.86. The Labute approximate surface area is 122 Å². The summed E-state index contributed by atoms with van der Waals surface area (Å²) in [4.78, 5) is 11.7. The molecule has 2 aromatic rings. The van der Waals surface area contributed by atoms with Crippen LogP contribution in [0.25, 0.3) is 0 Å². The second kappa shape index (κ2) is 7.01. The van der Waals surface area contributed by atoms with E-state index in [0.717, 1.165) is 11.3 Å². The molecule has 0 bridgehead atoms. The third-order valence-corrected chi connectivity index (χ3v) is 3.07. The van der Waals surface area contributed by atoms with Gasteiger partial charge in [-0.05, 0) is 47.9 Å². The van der Waals surface area contributed by atoms with Crippen LogP contribution in [0.1, 0.15) is 17.7 Å². The molecule has 0 saturated carbocycles. The van der Waals surface area contributed by atoms with E-state index >= 15 is 0 Å². The molecule has 0 saturated heterocycles. The van der Waals surface area contributed by atoms with E-state index in [4.69, 9.17) is 20.8 Å². The molecule has 106 valence electrons. The molecular formula is C15H16ClNO3. The lowest BCUT2D eigenvalue weighted by molar-refractivity contribution is -0.121. The van der Waals surface area contributed by atoms with Gasteiger partial charge in [0.2, 0.25) is 5.91 Å². The van der Waals surface area contributed by atoms with Crippen LogP contribution in [0.4, 0.5) is 0 Å². The molecule has 0 unspecified atom stereocenters. The number of halogens is 1. The second-order valence-corrected chi connectivity index (χ2v) is 4.71. The fourth-order valence-electron chi connectivity index (χ4n) is 1.81. The molecule has 0 aliphatic heterocycles. The number of carbonyl (C=O) groups is 1. The van der Waals surface area contributed by atoms with Gasteiger partial charge in [0.25, 0.3) is 0 Å². The number of hydrogen-bond acceptors (Lipinski definition) is 3. The first kappa shape index (κ1) is 14.5. The number of carbonyl (C=O) groups excluding carboxylic acids is 1. The minimum absolute atomic E-state index is 0.0275. The zero-order valence-electron chi connectivity index (χ0n) is 11.2. The van der Waals surface area contributed by atoms with Crippen LogP contribution in [-0.4, -0.2) is 13.0 Å². The highest BCUT2D eigenvalue weighted by Gasteiger charge is 2.05. The molecule has 2 rings (SSSR count). The Balaban J connectivity index is 1.77. The van der Waals surface area contributed by atoms with Crippen LogP contribution in [0.3, 0.4) is 0 Å². The number of benzene rings is 1. The van der Waals surface area contributed by atoms with Crippen molar-refractivity contribution >= 4 is 17.5 Å². The molecule has 4 nitrogen and oxygen atoms in total. The summed E-state index contributed by atoms with van der Waals surface area (Å²) in [7, 11) is 1.63. The van der Waals surface area contributed by atoms with Crippen LogP contribution in [0, 0.1) is 0 Å². The number of hydrogen-bond donors (Lipinski definition) is 1. The molecular weight excluding hydrogens is 278 g/mol. The van der Waals surface area contributed by atoms with Crippen molar-refractivity contribution in [2.75, 3.05) is 7.11 Å². The summed E-state index contributed by atoms with van der Waals surface area (Å²) < 4.78 is 10.3. The Morgan fingerprint density at radius 3 is 2.90 bits per heavy atom. The summed E-state index contributed by atoms with van der Waals surface area (Å²) in [5, 5.41) is 3.11. The van der Waals surface area contributed by atoms with Gasteiger partial charge >= 0.3 is 0 Å². The molecule has 1 N–H and O–H groups in total. The van der Waals surface area contributed by atoms with E-state index in [1.54, 1.807) is 19.2 Å². The molecule has 5 heteroatoms. The van der Waals surface area contributed by atoms with Crippen LogP contribution >= 0.6 is 11.6 Å². The van der Waals surface area contributed by atoms with Crippen molar-refractivity contribution in [2.24, 2.45) is 0 Å². The van der Waals surface area contributed by atoms with Gasteiger partial charge in [-0.25, -0.2) is 0 Å². The van der Waals surface area contributed by atoms with Crippen LogP contribution in [0.5, 0.6) is 5.75 Å². The molecule has 0 aliphatic rings. The predicted molar refractivity (Wildman–Crippen MR) is 76.9 cm³/mol. The largest absolute Gasteiger partial charge is 0.497 e. The van der Waals surface area contributed by atoms with Crippen molar-refractivity contribution in [3.8, 4) is 5.75 Å². The molecule has 1 aromatic heterocycles. The number of ether oxygens (including phenoxy) is 1. The number of rotatable bonds is 6. The summed E-state index contributed by atoms with van der Waals surface area (Å²) in [6, 6.07) is 11.1. The topological polar surface area (TPSA) is 51.5 Å².